The lowest BCUT2D eigenvalue weighted by atomic mass is 10.1. The number of halogens is 3. The van der Waals surface area contributed by atoms with Crippen molar-refractivity contribution >= 4 is 56.8 Å². The predicted molar refractivity (Wildman–Crippen MR) is 108 cm³/mol. The summed E-state index contributed by atoms with van der Waals surface area (Å²) in [4.78, 5) is 25.1. The maximum absolute atomic E-state index is 13.2. The van der Waals surface area contributed by atoms with Gasteiger partial charge in [0.15, 0.2) is 0 Å². The fourth-order valence-electron chi connectivity index (χ4n) is 2.19. The molecule has 0 saturated heterocycles. The minimum Gasteiger partial charge on any atom is -0.340 e. The van der Waals surface area contributed by atoms with Crippen LogP contribution in [0.25, 0.3) is 0 Å². The van der Waals surface area contributed by atoms with E-state index in [-0.39, 0.29) is 16.8 Å². The van der Waals surface area contributed by atoms with Crippen LogP contribution in [0.3, 0.4) is 0 Å². The molecule has 0 aliphatic carbocycles. The summed E-state index contributed by atoms with van der Waals surface area (Å²) in [6, 6.07) is 10.2. The summed E-state index contributed by atoms with van der Waals surface area (Å²) >= 11 is 10.6. The predicted octanol–water partition coefficient (Wildman–Crippen LogP) is 4.73. The molecule has 138 valence electrons. The second-order valence-electron chi connectivity index (χ2n) is 5.41. The molecule has 2 aromatic rings. The van der Waals surface area contributed by atoms with E-state index in [2.05, 4.69) is 26.6 Å². The zero-order chi connectivity index (χ0) is 19.1. The van der Waals surface area contributed by atoms with Gasteiger partial charge in [0.2, 0.25) is 5.91 Å². The number of hydrogen-bond donors (Lipinski definition) is 2. The van der Waals surface area contributed by atoms with Crippen molar-refractivity contribution in [3.8, 4) is 0 Å². The third-order valence-electron chi connectivity index (χ3n) is 3.54. The molecule has 0 aliphatic heterocycles. The fraction of sp³-hybridized carbons (Fsp3) is 0.222. The van der Waals surface area contributed by atoms with Crippen LogP contribution in [0.15, 0.2) is 46.9 Å². The van der Waals surface area contributed by atoms with Gasteiger partial charge in [-0.25, -0.2) is 4.39 Å². The molecule has 0 aliphatic rings. The van der Waals surface area contributed by atoms with E-state index < -0.39 is 11.9 Å². The molecule has 0 fully saturated rings. The normalized spacial score (nSPS) is 11.7. The summed E-state index contributed by atoms with van der Waals surface area (Å²) in [5, 5.41) is 5.34. The Bertz CT molecular complexity index is 807. The standard InChI is InChI=1S/C18H17BrClFN2O2S/c1-26-9-8-16(23-17(24)12-4-2-3-5-13(12)19)18(25)22-11-6-7-15(21)14(20)10-11/h2-7,10,16H,8-9H2,1H3,(H,22,25)(H,23,24)/t16-/m1/s1. The first-order chi connectivity index (χ1) is 12.4. The molecule has 0 saturated carbocycles. The number of carbonyl (C=O) groups excluding carboxylic acids is 2. The van der Waals surface area contributed by atoms with Crippen molar-refractivity contribution < 1.29 is 14.0 Å². The fourth-order valence-corrected chi connectivity index (χ4v) is 3.31. The van der Waals surface area contributed by atoms with Gasteiger partial charge >= 0.3 is 0 Å². The summed E-state index contributed by atoms with van der Waals surface area (Å²) in [6.45, 7) is 0. The van der Waals surface area contributed by atoms with Crippen LogP contribution in [0.1, 0.15) is 16.8 Å². The van der Waals surface area contributed by atoms with Crippen LogP contribution in [-0.4, -0.2) is 29.9 Å². The minimum absolute atomic E-state index is 0.0827. The van der Waals surface area contributed by atoms with Crippen LogP contribution in [-0.2, 0) is 4.79 Å². The van der Waals surface area contributed by atoms with Gasteiger partial charge in [-0.15, -0.1) is 0 Å². The van der Waals surface area contributed by atoms with Gasteiger partial charge < -0.3 is 10.6 Å². The Morgan fingerprint density at radius 1 is 1.27 bits per heavy atom. The van der Waals surface area contributed by atoms with Crippen LogP contribution in [0.4, 0.5) is 10.1 Å². The second kappa shape index (κ2) is 9.94. The zero-order valence-electron chi connectivity index (χ0n) is 13.9. The van der Waals surface area contributed by atoms with E-state index in [4.69, 9.17) is 11.6 Å². The third kappa shape index (κ3) is 5.72. The molecule has 1 atom stereocenters. The smallest absolute Gasteiger partial charge is 0.253 e. The number of nitrogens with one attached hydrogen (secondary N) is 2. The molecule has 8 heteroatoms. The van der Waals surface area contributed by atoms with Crippen molar-refractivity contribution in [3.05, 3.63) is 63.3 Å². The molecule has 0 radical (unpaired) electrons. The van der Waals surface area contributed by atoms with E-state index >= 15 is 0 Å². The molecule has 0 unspecified atom stereocenters. The molecule has 2 aromatic carbocycles. The van der Waals surface area contributed by atoms with E-state index in [0.29, 0.717) is 27.9 Å². The molecule has 0 bridgehead atoms. The number of benzene rings is 2. The minimum atomic E-state index is -0.731. The molecule has 4 nitrogen and oxygen atoms in total. The monoisotopic (exact) mass is 458 g/mol. The largest absolute Gasteiger partial charge is 0.340 e. The maximum atomic E-state index is 13.2. The van der Waals surface area contributed by atoms with E-state index in [0.717, 1.165) is 0 Å². The number of hydrogen-bond acceptors (Lipinski definition) is 3. The van der Waals surface area contributed by atoms with Gasteiger partial charge in [0.05, 0.1) is 10.6 Å². The number of carbonyl (C=O) groups is 2. The SMILES string of the molecule is CSCC[C@@H](NC(=O)c1ccccc1Br)C(=O)Nc1ccc(F)c(Cl)c1. The lowest BCUT2D eigenvalue weighted by Gasteiger charge is -2.19. The summed E-state index contributed by atoms with van der Waals surface area (Å²) < 4.78 is 13.9. The molecule has 0 spiro atoms. The van der Waals surface area contributed by atoms with Crippen molar-refractivity contribution in [2.45, 2.75) is 12.5 Å². The van der Waals surface area contributed by atoms with Crippen LogP contribution in [0.2, 0.25) is 5.02 Å². The summed E-state index contributed by atoms with van der Waals surface area (Å²) in [7, 11) is 0. The van der Waals surface area contributed by atoms with Crippen molar-refractivity contribution in [3.63, 3.8) is 0 Å². The van der Waals surface area contributed by atoms with Gasteiger partial charge in [0.1, 0.15) is 11.9 Å². The highest BCUT2D eigenvalue weighted by Gasteiger charge is 2.22. The first-order valence-corrected chi connectivity index (χ1v) is 10.3. The first kappa shape index (κ1) is 20.7. The second-order valence-corrected chi connectivity index (χ2v) is 7.65. The van der Waals surface area contributed by atoms with Gasteiger partial charge in [-0.05, 0) is 64.7 Å². The van der Waals surface area contributed by atoms with E-state index in [1.807, 2.05) is 6.26 Å². The van der Waals surface area contributed by atoms with Crippen LogP contribution in [0.5, 0.6) is 0 Å². The Labute approximate surface area is 169 Å². The quantitative estimate of drug-likeness (QED) is 0.629. The van der Waals surface area contributed by atoms with Crippen molar-refractivity contribution in [2.75, 3.05) is 17.3 Å². The lowest BCUT2D eigenvalue weighted by molar-refractivity contribution is -0.118. The van der Waals surface area contributed by atoms with Crippen LogP contribution >= 0.6 is 39.3 Å². The van der Waals surface area contributed by atoms with E-state index in [1.165, 1.54) is 18.2 Å². The summed E-state index contributed by atoms with van der Waals surface area (Å²) in [6.07, 6.45) is 2.38. The van der Waals surface area contributed by atoms with E-state index in [9.17, 15) is 14.0 Å². The topological polar surface area (TPSA) is 58.2 Å². The Kier molecular flexibility index (Phi) is 7.93. The Morgan fingerprint density at radius 3 is 2.65 bits per heavy atom. The first-order valence-electron chi connectivity index (χ1n) is 7.72. The van der Waals surface area contributed by atoms with Gasteiger partial charge in [0.25, 0.3) is 5.91 Å². The molecule has 2 amide bonds. The molecule has 2 rings (SSSR count). The molecule has 0 heterocycles. The molecule has 26 heavy (non-hydrogen) atoms. The van der Waals surface area contributed by atoms with Gasteiger partial charge in [-0.1, -0.05) is 23.7 Å². The highest BCUT2D eigenvalue weighted by Crippen LogP contribution is 2.20. The Morgan fingerprint density at radius 2 is 2.00 bits per heavy atom. The maximum Gasteiger partial charge on any atom is 0.253 e. The molecule has 0 aromatic heterocycles. The number of rotatable bonds is 7. The molecular formula is C18H17BrClFN2O2S. The van der Waals surface area contributed by atoms with Gasteiger partial charge in [-0.3, -0.25) is 9.59 Å². The highest BCUT2D eigenvalue weighted by molar-refractivity contribution is 9.10. The van der Waals surface area contributed by atoms with Gasteiger partial charge in [-0.2, -0.15) is 11.8 Å². The van der Waals surface area contributed by atoms with E-state index in [1.54, 1.807) is 36.0 Å². The lowest BCUT2D eigenvalue weighted by Crippen LogP contribution is -2.44. The molecule has 2 N–H and O–H groups in total. The zero-order valence-corrected chi connectivity index (χ0v) is 17.1. The summed E-state index contributed by atoms with van der Waals surface area (Å²) in [5.74, 6) is -0.609. The van der Waals surface area contributed by atoms with Crippen molar-refractivity contribution in [1.29, 1.82) is 0 Å². The van der Waals surface area contributed by atoms with Crippen LogP contribution in [0, 0.1) is 5.82 Å². The number of amides is 2. The van der Waals surface area contributed by atoms with Crippen LogP contribution < -0.4 is 10.6 Å². The Hall–Kier alpha value is -1.57. The highest BCUT2D eigenvalue weighted by atomic mass is 79.9. The third-order valence-corrected chi connectivity index (χ3v) is 5.16. The molecular weight excluding hydrogens is 443 g/mol. The van der Waals surface area contributed by atoms with Gasteiger partial charge in [0, 0.05) is 10.2 Å². The average Bonchev–Trinajstić information content (AvgIpc) is 2.61. The Balaban J connectivity index is 2.12. The average molecular weight is 460 g/mol. The van der Waals surface area contributed by atoms with Crippen molar-refractivity contribution in [2.24, 2.45) is 0 Å². The number of anilines is 1. The number of thioether (sulfide) groups is 1. The summed E-state index contributed by atoms with van der Waals surface area (Å²) in [5.41, 5.74) is 0.810. The van der Waals surface area contributed by atoms with Crippen molar-refractivity contribution in [1.82, 2.24) is 5.32 Å².